The van der Waals surface area contributed by atoms with E-state index in [1.54, 1.807) is 19.2 Å². The third-order valence-electron chi connectivity index (χ3n) is 4.40. The highest BCUT2D eigenvalue weighted by Crippen LogP contribution is 2.19. The number of nitrogens with one attached hydrogen (secondary N) is 1. The third kappa shape index (κ3) is 3.29. The Kier molecular flexibility index (Phi) is 4.76. The fraction of sp³-hybridized carbons (Fsp3) is 0.444. The number of piperidine rings is 1. The normalized spacial score (nSPS) is 15.7. The summed E-state index contributed by atoms with van der Waals surface area (Å²) in [5, 5.41) is 3.94. The molecule has 0 bridgehead atoms. The van der Waals surface area contributed by atoms with Crippen molar-refractivity contribution in [1.82, 2.24) is 9.88 Å². The van der Waals surface area contributed by atoms with Crippen LogP contribution in [0.1, 0.15) is 30.1 Å². The summed E-state index contributed by atoms with van der Waals surface area (Å²) in [5.74, 6) is 0.0134. The highest BCUT2D eigenvalue weighted by Gasteiger charge is 2.19. The van der Waals surface area contributed by atoms with Gasteiger partial charge in [0, 0.05) is 18.1 Å². The fourth-order valence-electron chi connectivity index (χ4n) is 3.19. The van der Waals surface area contributed by atoms with Crippen LogP contribution in [0.25, 0.3) is 10.9 Å². The molecule has 2 aromatic rings. The van der Waals surface area contributed by atoms with Crippen molar-refractivity contribution in [3.8, 4) is 0 Å². The fourth-order valence-corrected chi connectivity index (χ4v) is 3.19. The van der Waals surface area contributed by atoms with Crippen LogP contribution in [0, 0.1) is 5.92 Å². The molecule has 5 heteroatoms. The van der Waals surface area contributed by atoms with E-state index in [4.69, 9.17) is 4.74 Å². The van der Waals surface area contributed by atoms with Gasteiger partial charge in [0.15, 0.2) is 0 Å². The molecule has 122 valence electrons. The number of ether oxygens (including phenoxy) is 1. The molecular weight excluding hydrogens is 292 g/mol. The molecule has 0 aliphatic carbocycles. The maximum atomic E-state index is 12.6. The Morgan fingerprint density at radius 1 is 1.30 bits per heavy atom. The second-order valence-electron chi connectivity index (χ2n) is 5.96. The molecule has 0 unspecified atom stereocenters. The van der Waals surface area contributed by atoms with E-state index < -0.39 is 5.97 Å². The standard InChI is InChI=1S/C18H22N2O3/c1-2-23-18(22)15-12-20(11-13-7-9-19-10-8-13)16-6-4-3-5-14(16)17(15)21/h3-6,12-13,19H,2,7-11H2,1H3. The topological polar surface area (TPSA) is 60.3 Å². The molecule has 1 aromatic carbocycles. The molecular formula is C18H22N2O3. The number of carbonyl (C=O) groups excluding carboxylic acids is 1. The van der Waals surface area contributed by atoms with Gasteiger partial charge in [0.1, 0.15) is 5.56 Å². The monoisotopic (exact) mass is 314 g/mol. The summed E-state index contributed by atoms with van der Waals surface area (Å²) < 4.78 is 7.08. The number of carbonyl (C=O) groups is 1. The molecule has 3 rings (SSSR count). The summed E-state index contributed by atoms with van der Waals surface area (Å²) in [5.41, 5.74) is 0.754. The summed E-state index contributed by atoms with van der Waals surface area (Å²) in [4.78, 5) is 24.7. The maximum Gasteiger partial charge on any atom is 0.343 e. The SMILES string of the molecule is CCOC(=O)c1cn(CC2CCNCC2)c2ccccc2c1=O. The molecule has 2 heterocycles. The van der Waals surface area contributed by atoms with Gasteiger partial charge in [-0.3, -0.25) is 4.79 Å². The first-order chi connectivity index (χ1) is 11.2. The van der Waals surface area contributed by atoms with Gasteiger partial charge in [0.25, 0.3) is 0 Å². The van der Waals surface area contributed by atoms with E-state index in [0.717, 1.165) is 38.0 Å². The van der Waals surface area contributed by atoms with Crippen molar-refractivity contribution in [3.63, 3.8) is 0 Å². The predicted molar refractivity (Wildman–Crippen MR) is 89.8 cm³/mol. The number of aromatic nitrogens is 1. The summed E-state index contributed by atoms with van der Waals surface area (Å²) in [6.07, 6.45) is 3.88. The van der Waals surface area contributed by atoms with E-state index in [0.29, 0.717) is 11.3 Å². The van der Waals surface area contributed by atoms with E-state index in [1.807, 2.05) is 22.8 Å². The highest BCUT2D eigenvalue weighted by molar-refractivity contribution is 5.93. The van der Waals surface area contributed by atoms with Gasteiger partial charge in [-0.05, 0) is 50.9 Å². The Bertz CT molecular complexity index is 760. The van der Waals surface area contributed by atoms with E-state index in [1.165, 1.54) is 0 Å². The van der Waals surface area contributed by atoms with Gasteiger partial charge < -0.3 is 14.6 Å². The van der Waals surface area contributed by atoms with Gasteiger partial charge in [-0.15, -0.1) is 0 Å². The second-order valence-corrected chi connectivity index (χ2v) is 5.96. The maximum absolute atomic E-state index is 12.6. The van der Waals surface area contributed by atoms with E-state index in [2.05, 4.69) is 5.32 Å². The minimum atomic E-state index is -0.540. The van der Waals surface area contributed by atoms with Crippen LogP contribution >= 0.6 is 0 Å². The molecule has 0 saturated carbocycles. The first-order valence-corrected chi connectivity index (χ1v) is 8.20. The number of nitrogens with zero attached hydrogens (tertiary/aromatic N) is 1. The van der Waals surface area contributed by atoms with E-state index in [9.17, 15) is 9.59 Å². The van der Waals surface area contributed by atoms with Crippen LogP contribution in [-0.2, 0) is 11.3 Å². The Morgan fingerprint density at radius 3 is 2.78 bits per heavy atom. The first kappa shape index (κ1) is 15.7. The zero-order valence-corrected chi connectivity index (χ0v) is 13.4. The summed E-state index contributed by atoms with van der Waals surface area (Å²) in [6, 6.07) is 7.46. The molecule has 1 N–H and O–H groups in total. The van der Waals surface area contributed by atoms with Gasteiger partial charge in [0.2, 0.25) is 5.43 Å². The Hall–Kier alpha value is -2.14. The van der Waals surface area contributed by atoms with Crippen molar-refractivity contribution in [2.24, 2.45) is 5.92 Å². The van der Waals surface area contributed by atoms with Crippen LogP contribution in [0.4, 0.5) is 0 Å². The number of benzene rings is 1. The van der Waals surface area contributed by atoms with Crippen LogP contribution in [0.3, 0.4) is 0 Å². The highest BCUT2D eigenvalue weighted by atomic mass is 16.5. The van der Waals surface area contributed by atoms with Gasteiger partial charge in [-0.1, -0.05) is 12.1 Å². The number of pyridine rings is 1. The molecule has 1 aromatic heterocycles. The first-order valence-electron chi connectivity index (χ1n) is 8.20. The zero-order valence-electron chi connectivity index (χ0n) is 13.4. The van der Waals surface area contributed by atoms with Gasteiger partial charge in [-0.2, -0.15) is 0 Å². The van der Waals surface area contributed by atoms with Crippen molar-refractivity contribution in [1.29, 1.82) is 0 Å². The largest absolute Gasteiger partial charge is 0.462 e. The molecule has 23 heavy (non-hydrogen) atoms. The van der Waals surface area contributed by atoms with Crippen LogP contribution in [-0.4, -0.2) is 30.2 Å². The number of esters is 1. The number of hydrogen-bond acceptors (Lipinski definition) is 4. The lowest BCUT2D eigenvalue weighted by atomic mass is 9.97. The zero-order chi connectivity index (χ0) is 16.2. The van der Waals surface area contributed by atoms with Gasteiger partial charge in [0.05, 0.1) is 12.1 Å². The van der Waals surface area contributed by atoms with Crippen molar-refractivity contribution in [2.75, 3.05) is 19.7 Å². The van der Waals surface area contributed by atoms with Crippen molar-refractivity contribution in [2.45, 2.75) is 26.3 Å². The van der Waals surface area contributed by atoms with Crippen molar-refractivity contribution >= 4 is 16.9 Å². The molecule has 1 aliphatic rings. The number of hydrogen-bond donors (Lipinski definition) is 1. The second kappa shape index (κ2) is 6.96. The Balaban J connectivity index is 2.05. The Labute approximate surface area is 135 Å². The summed E-state index contributed by atoms with van der Waals surface area (Å²) in [7, 11) is 0. The van der Waals surface area contributed by atoms with Crippen molar-refractivity contribution in [3.05, 3.63) is 46.2 Å². The number of para-hydroxylation sites is 1. The lowest BCUT2D eigenvalue weighted by Crippen LogP contribution is -2.30. The quantitative estimate of drug-likeness (QED) is 0.879. The molecule has 1 aliphatic heterocycles. The van der Waals surface area contributed by atoms with Crippen LogP contribution in [0.2, 0.25) is 0 Å². The Morgan fingerprint density at radius 2 is 2.04 bits per heavy atom. The average molecular weight is 314 g/mol. The molecule has 0 amide bonds. The lowest BCUT2D eigenvalue weighted by molar-refractivity contribution is 0.0524. The minimum Gasteiger partial charge on any atom is -0.462 e. The average Bonchev–Trinajstić information content (AvgIpc) is 2.58. The molecule has 0 spiro atoms. The van der Waals surface area contributed by atoms with Crippen LogP contribution in [0.5, 0.6) is 0 Å². The van der Waals surface area contributed by atoms with Crippen LogP contribution in [0.15, 0.2) is 35.3 Å². The predicted octanol–water partition coefficient (Wildman–Crippen LogP) is 2.18. The molecule has 0 radical (unpaired) electrons. The summed E-state index contributed by atoms with van der Waals surface area (Å²) in [6.45, 7) is 4.86. The number of rotatable bonds is 4. The van der Waals surface area contributed by atoms with Crippen molar-refractivity contribution < 1.29 is 9.53 Å². The molecule has 1 saturated heterocycles. The van der Waals surface area contributed by atoms with Gasteiger partial charge in [-0.25, -0.2) is 4.79 Å². The minimum absolute atomic E-state index is 0.125. The summed E-state index contributed by atoms with van der Waals surface area (Å²) >= 11 is 0. The molecule has 5 nitrogen and oxygen atoms in total. The lowest BCUT2D eigenvalue weighted by Gasteiger charge is -2.24. The molecule has 1 fully saturated rings. The van der Waals surface area contributed by atoms with E-state index >= 15 is 0 Å². The smallest absolute Gasteiger partial charge is 0.343 e. The van der Waals surface area contributed by atoms with Crippen LogP contribution < -0.4 is 10.7 Å². The molecule has 0 atom stereocenters. The number of fused-ring (bicyclic) bond motifs is 1. The van der Waals surface area contributed by atoms with E-state index in [-0.39, 0.29) is 17.6 Å². The third-order valence-corrected chi connectivity index (χ3v) is 4.40. The van der Waals surface area contributed by atoms with Gasteiger partial charge >= 0.3 is 5.97 Å².